The van der Waals surface area contributed by atoms with Crippen LogP contribution in [-0.2, 0) is 21.4 Å². The number of sulfonamides is 1. The minimum atomic E-state index is -4.18. The molecule has 1 atom stereocenters. The van der Waals surface area contributed by atoms with Gasteiger partial charge in [0.05, 0.1) is 23.1 Å². The van der Waals surface area contributed by atoms with Gasteiger partial charge in [0.15, 0.2) is 0 Å². The topological polar surface area (TPSA) is 81.5 Å². The van der Waals surface area contributed by atoms with Crippen LogP contribution in [-0.4, -0.2) is 31.2 Å². The molecule has 6 nitrogen and oxygen atoms in total. The summed E-state index contributed by atoms with van der Waals surface area (Å²) in [6.07, 6.45) is 6.60. The van der Waals surface area contributed by atoms with Crippen molar-refractivity contribution in [3.63, 3.8) is 0 Å². The molecule has 1 aliphatic heterocycles. The average molecular weight is 546 g/mol. The van der Waals surface area contributed by atoms with Crippen molar-refractivity contribution < 1.29 is 17.6 Å². The third-order valence-corrected chi connectivity index (χ3v) is 9.92. The summed E-state index contributed by atoms with van der Waals surface area (Å²) in [5.74, 6) is -0.513. The van der Waals surface area contributed by atoms with Gasteiger partial charge in [0.1, 0.15) is 11.9 Å². The molecule has 0 radical (unpaired) electrons. The predicted octanol–water partition coefficient (Wildman–Crippen LogP) is 6.05. The van der Waals surface area contributed by atoms with Crippen molar-refractivity contribution >= 4 is 21.6 Å². The molecule has 8 heteroatoms. The molecular weight excluding hydrogens is 513 g/mol. The van der Waals surface area contributed by atoms with Gasteiger partial charge in [-0.1, -0.05) is 61.7 Å². The molecule has 2 aliphatic rings. The number of nitrogens with zero attached hydrogens (tertiary/aromatic N) is 3. The quantitative estimate of drug-likeness (QED) is 0.362. The van der Waals surface area contributed by atoms with Gasteiger partial charge in [0, 0.05) is 17.8 Å². The molecule has 0 spiro atoms. The average Bonchev–Trinajstić information content (AvgIpc) is 2.93. The number of carbonyl (C=O) groups is 1. The van der Waals surface area contributed by atoms with Crippen molar-refractivity contribution in [3.8, 4) is 6.07 Å². The van der Waals surface area contributed by atoms with E-state index >= 15 is 0 Å². The van der Waals surface area contributed by atoms with Gasteiger partial charge in [-0.2, -0.15) is 9.57 Å². The second-order valence-electron chi connectivity index (χ2n) is 10.4. The summed E-state index contributed by atoms with van der Waals surface area (Å²) in [6.45, 7) is 1.88. The maximum atomic E-state index is 14.4. The van der Waals surface area contributed by atoms with Crippen LogP contribution in [0.1, 0.15) is 66.7 Å². The second kappa shape index (κ2) is 11.3. The molecule has 1 saturated heterocycles. The van der Waals surface area contributed by atoms with E-state index in [0.29, 0.717) is 24.6 Å². The summed E-state index contributed by atoms with van der Waals surface area (Å²) in [5, 5.41) is 9.33. The number of nitriles is 1. The fraction of sp³-hybridized carbons (Fsp3) is 0.355. The van der Waals surface area contributed by atoms with Crippen molar-refractivity contribution in [1.82, 2.24) is 4.31 Å². The van der Waals surface area contributed by atoms with Crippen LogP contribution >= 0.6 is 0 Å². The number of para-hydroxylation sites is 1. The van der Waals surface area contributed by atoms with E-state index in [-0.39, 0.29) is 28.5 Å². The van der Waals surface area contributed by atoms with Crippen LogP contribution in [0.5, 0.6) is 0 Å². The Balaban J connectivity index is 1.40. The summed E-state index contributed by atoms with van der Waals surface area (Å²) in [4.78, 5) is 15.2. The molecule has 0 unspecified atom stereocenters. The zero-order valence-corrected chi connectivity index (χ0v) is 22.8. The summed E-state index contributed by atoms with van der Waals surface area (Å²) in [6, 6.07) is 20.7. The van der Waals surface area contributed by atoms with Gasteiger partial charge < -0.3 is 4.90 Å². The fourth-order valence-electron chi connectivity index (χ4n) is 5.55. The highest BCUT2D eigenvalue weighted by Crippen LogP contribution is 2.34. The standard InChI is InChI=1S/C31H32FN3O3S/c1-22-26(20-33)18-28(19-29(22)32)39(37,38)35-17-16-30(35)31(36)34(27-10-6-3-7-11-27)21-23-12-14-25(15-13-23)24-8-4-2-5-9-24/h3,6-7,10-15,18-19,24,30H,2,4-5,8-9,16-17,21H2,1H3/t30-/m1/s1. The number of rotatable bonds is 7. The molecule has 0 bridgehead atoms. The molecule has 0 N–H and O–H groups in total. The SMILES string of the molecule is Cc1c(F)cc(S(=O)(=O)N2CC[C@@H]2C(=O)N(Cc2ccc(C3CCCCC3)cc2)c2ccccc2)cc1C#N. The van der Waals surface area contributed by atoms with E-state index in [1.807, 2.05) is 36.4 Å². The first kappa shape index (κ1) is 27.0. The Bertz CT molecular complexity index is 1490. The van der Waals surface area contributed by atoms with E-state index in [1.54, 1.807) is 4.90 Å². The number of benzene rings is 3. The lowest BCUT2D eigenvalue weighted by molar-refractivity contribution is -0.125. The third-order valence-electron chi connectivity index (χ3n) is 8.03. The normalized spacial score (nSPS) is 18.2. The number of hydrogen-bond donors (Lipinski definition) is 0. The van der Waals surface area contributed by atoms with E-state index in [0.717, 1.165) is 15.9 Å². The van der Waals surface area contributed by atoms with E-state index in [1.165, 1.54) is 50.7 Å². The summed E-state index contributed by atoms with van der Waals surface area (Å²) >= 11 is 0. The monoisotopic (exact) mass is 545 g/mol. The molecule has 1 amide bonds. The van der Waals surface area contributed by atoms with Crippen molar-refractivity contribution in [3.05, 3.63) is 94.8 Å². The number of carbonyl (C=O) groups excluding carboxylic acids is 1. The molecule has 3 aromatic rings. The maximum absolute atomic E-state index is 14.4. The number of hydrogen-bond acceptors (Lipinski definition) is 4. The molecule has 202 valence electrons. The highest BCUT2D eigenvalue weighted by atomic mass is 32.2. The lowest BCUT2D eigenvalue weighted by Crippen LogP contribution is -2.58. The van der Waals surface area contributed by atoms with Crippen LogP contribution in [0.15, 0.2) is 71.6 Å². The Morgan fingerprint density at radius 2 is 1.72 bits per heavy atom. The van der Waals surface area contributed by atoms with E-state index < -0.39 is 21.9 Å². The maximum Gasteiger partial charge on any atom is 0.245 e. The van der Waals surface area contributed by atoms with Crippen molar-refractivity contribution in [2.75, 3.05) is 11.4 Å². The van der Waals surface area contributed by atoms with Gasteiger partial charge in [0.25, 0.3) is 0 Å². The minimum Gasteiger partial charge on any atom is -0.307 e. The molecule has 1 heterocycles. The first-order valence-corrected chi connectivity index (χ1v) is 14.9. The first-order chi connectivity index (χ1) is 18.8. The lowest BCUT2D eigenvalue weighted by atomic mass is 9.84. The van der Waals surface area contributed by atoms with Crippen molar-refractivity contribution in [1.29, 1.82) is 5.26 Å². The molecule has 1 aliphatic carbocycles. The summed E-state index contributed by atoms with van der Waals surface area (Å²) in [7, 11) is -4.18. The van der Waals surface area contributed by atoms with Crippen molar-refractivity contribution in [2.45, 2.75) is 68.8 Å². The Labute approximate surface area is 229 Å². The van der Waals surface area contributed by atoms with E-state index in [2.05, 4.69) is 24.3 Å². The molecule has 1 saturated carbocycles. The van der Waals surface area contributed by atoms with Crippen LogP contribution in [0.2, 0.25) is 0 Å². The minimum absolute atomic E-state index is 0.0421. The molecule has 0 aromatic heterocycles. The molecule has 3 aromatic carbocycles. The molecule has 39 heavy (non-hydrogen) atoms. The Kier molecular flexibility index (Phi) is 7.83. The Morgan fingerprint density at radius 1 is 1.03 bits per heavy atom. The summed E-state index contributed by atoms with van der Waals surface area (Å²) in [5.41, 5.74) is 3.02. The van der Waals surface area contributed by atoms with Crippen LogP contribution in [0.25, 0.3) is 0 Å². The van der Waals surface area contributed by atoms with Crippen LogP contribution in [0.3, 0.4) is 0 Å². The van der Waals surface area contributed by atoms with Gasteiger partial charge in [0.2, 0.25) is 15.9 Å². The fourth-order valence-corrected chi connectivity index (χ4v) is 7.22. The highest BCUT2D eigenvalue weighted by Gasteiger charge is 2.45. The van der Waals surface area contributed by atoms with Gasteiger partial charge in [-0.3, -0.25) is 4.79 Å². The van der Waals surface area contributed by atoms with Gasteiger partial charge >= 0.3 is 0 Å². The van der Waals surface area contributed by atoms with E-state index in [4.69, 9.17) is 0 Å². The molecule has 2 fully saturated rings. The molecule has 5 rings (SSSR count). The molecular formula is C31H32FN3O3S. The zero-order valence-electron chi connectivity index (χ0n) is 22.0. The Morgan fingerprint density at radius 3 is 2.33 bits per heavy atom. The number of halogens is 1. The number of amides is 1. The largest absolute Gasteiger partial charge is 0.307 e. The van der Waals surface area contributed by atoms with Crippen LogP contribution < -0.4 is 4.90 Å². The predicted molar refractivity (Wildman–Crippen MR) is 148 cm³/mol. The second-order valence-corrected chi connectivity index (χ2v) is 12.3. The smallest absolute Gasteiger partial charge is 0.245 e. The Hall–Kier alpha value is -3.54. The van der Waals surface area contributed by atoms with Gasteiger partial charge in [-0.25, -0.2) is 12.8 Å². The van der Waals surface area contributed by atoms with E-state index in [9.17, 15) is 22.9 Å². The van der Waals surface area contributed by atoms with Gasteiger partial charge in [-0.15, -0.1) is 0 Å². The van der Waals surface area contributed by atoms with Gasteiger partial charge in [-0.05, 0) is 67.5 Å². The third kappa shape index (κ3) is 5.47. The van der Waals surface area contributed by atoms with Crippen LogP contribution in [0, 0.1) is 24.1 Å². The summed E-state index contributed by atoms with van der Waals surface area (Å²) < 4.78 is 42.4. The lowest BCUT2D eigenvalue weighted by Gasteiger charge is -2.41. The van der Waals surface area contributed by atoms with Crippen LogP contribution in [0.4, 0.5) is 10.1 Å². The zero-order chi connectivity index (χ0) is 27.6. The van der Waals surface area contributed by atoms with Crippen molar-refractivity contribution in [2.24, 2.45) is 0 Å². The highest BCUT2D eigenvalue weighted by molar-refractivity contribution is 7.89. The number of anilines is 1. The first-order valence-electron chi connectivity index (χ1n) is 13.5.